The Morgan fingerprint density at radius 2 is 1.97 bits per heavy atom. The lowest BCUT2D eigenvalue weighted by Crippen LogP contribution is -2.46. The van der Waals surface area contributed by atoms with Crippen molar-refractivity contribution in [2.45, 2.75) is 36.7 Å². The van der Waals surface area contributed by atoms with Crippen LogP contribution in [0.15, 0.2) is 47.4 Å². The first-order chi connectivity index (χ1) is 16.8. The van der Waals surface area contributed by atoms with Gasteiger partial charge in [0.25, 0.3) is 0 Å². The predicted molar refractivity (Wildman–Crippen MR) is 134 cm³/mol. The lowest BCUT2D eigenvalue weighted by molar-refractivity contribution is -0.123. The summed E-state index contributed by atoms with van der Waals surface area (Å²) in [5.41, 5.74) is 0.769. The minimum atomic E-state index is -3.96. The summed E-state index contributed by atoms with van der Waals surface area (Å²) in [5, 5.41) is 1.19. The van der Waals surface area contributed by atoms with Gasteiger partial charge in [0.15, 0.2) is 5.13 Å². The fraction of sp³-hybridized carbons (Fsp3) is 0.417. The predicted octanol–water partition coefficient (Wildman–Crippen LogP) is 4.70. The molecule has 0 radical (unpaired) electrons. The zero-order valence-electron chi connectivity index (χ0n) is 18.9. The summed E-state index contributed by atoms with van der Waals surface area (Å²) in [6.07, 6.45) is 2.47. The van der Waals surface area contributed by atoms with Crippen LogP contribution in [0.25, 0.3) is 10.2 Å². The lowest BCUT2D eigenvalue weighted by atomic mass is 9.96. The molecule has 1 amide bonds. The summed E-state index contributed by atoms with van der Waals surface area (Å²) in [4.78, 5) is 19.7. The van der Waals surface area contributed by atoms with Crippen LogP contribution < -0.4 is 4.90 Å². The normalized spacial score (nSPS) is 19.9. The van der Waals surface area contributed by atoms with Crippen LogP contribution >= 0.6 is 22.9 Å². The number of halogens is 2. The van der Waals surface area contributed by atoms with E-state index in [1.165, 1.54) is 33.8 Å². The zero-order valence-corrected chi connectivity index (χ0v) is 21.3. The third kappa shape index (κ3) is 5.08. The van der Waals surface area contributed by atoms with Gasteiger partial charge < -0.3 is 4.74 Å². The van der Waals surface area contributed by atoms with Gasteiger partial charge in [-0.3, -0.25) is 9.69 Å². The first-order valence-corrected chi connectivity index (χ1v) is 14.2. The third-order valence-corrected chi connectivity index (χ3v) is 9.71. The van der Waals surface area contributed by atoms with Crippen molar-refractivity contribution in [3.8, 4) is 0 Å². The number of rotatable bonds is 6. The van der Waals surface area contributed by atoms with Crippen LogP contribution in [0.2, 0.25) is 5.02 Å². The van der Waals surface area contributed by atoms with Crippen molar-refractivity contribution in [1.29, 1.82) is 0 Å². The molecule has 186 valence electrons. The Hall–Kier alpha value is -2.11. The lowest BCUT2D eigenvalue weighted by Gasteiger charge is -2.33. The molecular formula is C24H25ClFN3O4S2. The molecule has 35 heavy (non-hydrogen) atoms. The molecule has 2 aromatic carbocycles. The van der Waals surface area contributed by atoms with Crippen LogP contribution in [0, 0.1) is 11.7 Å². The number of amides is 1. The molecule has 2 aliphatic heterocycles. The molecule has 2 aliphatic rings. The van der Waals surface area contributed by atoms with Crippen molar-refractivity contribution >= 4 is 54.2 Å². The Labute approximate surface area is 212 Å². The number of aromatic nitrogens is 1. The van der Waals surface area contributed by atoms with E-state index in [1.54, 1.807) is 11.0 Å². The summed E-state index contributed by atoms with van der Waals surface area (Å²) < 4.78 is 48.0. The number of sulfonamides is 1. The largest absolute Gasteiger partial charge is 0.376 e. The minimum absolute atomic E-state index is 0.0592. The monoisotopic (exact) mass is 537 g/mol. The van der Waals surface area contributed by atoms with Gasteiger partial charge in [0.05, 0.1) is 22.9 Å². The standard InChI is InChI=1S/C24H25ClFN3O4S2/c25-17-7-8-20-21(14-17)34-24(27-20)29(15-18-4-3-13-33-18)23(30)16-9-11-28(12-10-16)35(31,32)22-6-2-1-5-19(22)26/h1-2,5-8,14,16,18H,3-4,9-13,15H2. The second-order valence-electron chi connectivity index (χ2n) is 8.80. The molecule has 0 aliphatic carbocycles. The number of benzene rings is 2. The fourth-order valence-corrected chi connectivity index (χ4v) is 7.40. The number of hydrogen-bond donors (Lipinski definition) is 0. The van der Waals surface area contributed by atoms with Crippen molar-refractivity contribution in [3.63, 3.8) is 0 Å². The molecular weight excluding hydrogens is 513 g/mol. The zero-order chi connectivity index (χ0) is 24.6. The Morgan fingerprint density at radius 3 is 2.69 bits per heavy atom. The van der Waals surface area contributed by atoms with Crippen molar-refractivity contribution in [2.75, 3.05) is 31.1 Å². The number of fused-ring (bicyclic) bond motifs is 1. The van der Waals surface area contributed by atoms with Gasteiger partial charge in [0.1, 0.15) is 10.7 Å². The molecule has 3 heterocycles. The van der Waals surface area contributed by atoms with Crippen LogP contribution in [-0.2, 0) is 19.6 Å². The maximum atomic E-state index is 14.2. The Balaban J connectivity index is 1.34. The Kier molecular flexibility index (Phi) is 7.09. The van der Waals surface area contributed by atoms with Crippen molar-refractivity contribution in [1.82, 2.24) is 9.29 Å². The van der Waals surface area contributed by atoms with Crippen LogP contribution in [0.3, 0.4) is 0 Å². The highest BCUT2D eigenvalue weighted by molar-refractivity contribution is 7.89. The van der Waals surface area contributed by atoms with Crippen molar-refractivity contribution in [3.05, 3.63) is 53.3 Å². The molecule has 2 fully saturated rings. The average Bonchev–Trinajstić information content (AvgIpc) is 3.52. The molecule has 1 aromatic heterocycles. The van der Waals surface area contributed by atoms with E-state index in [-0.39, 0.29) is 35.9 Å². The molecule has 0 N–H and O–H groups in total. The SMILES string of the molecule is O=C(C1CCN(S(=O)(=O)c2ccccc2F)CC1)N(CC1CCCO1)c1nc2ccc(Cl)cc2s1. The van der Waals surface area contributed by atoms with E-state index in [1.807, 2.05) is 12.1 Å². The molecule has 0 spiro atoms. The van der Waals surface area contributed by atoms with Gasteiger partial charge in [0.2, 0.25) is 15.9 Å². The summed E-state index contributed by atoms with van der Waals surface area (Å²) in [5.74, 6) is -1.22. The van der Waals surface area contributed by atoms with E-state index in [0.717, 1.165) is 29.1 Å². The molecule has 5 rings (SSSR count). The summed E-state index contributed by atoms with van der Waals surface area (Å²) >= 11 is 7.54. The highest BCUT2D eigenvalue weighted by Gasteiger charge is 2.37. The van der Waals surface area contributed by atoms with Gasteiger partial charge in [-0.2, -0.15) is 4.31 Å². The topological polar surface area (TPSA) is 79.8 Å². The van der Waals surface area contributed by atoms with Gasteiger partial charge in [0, 0.05) is 30.6 Å². The fourth-order valence-electron chi connectivity index (χ4n) is 4.61. The van der Waals surface area contributed by atoms with Crippen LogP contribution in [0.5, 0.6) is 0 Å². The number of thiazole rings is 1. The molecule has 3 aromatic rings. The maximum absolute atomic E-state index is 14.2. The number of anilines is 1. The van der Waals surface area contributed by atoms with Gasteiger partial charge in [-0.1, -0.05) is 35.1 Å². The first kappa shape index (κ1) is 24.6. The van der Waals surface area contributed by atoms with Gasteiger partial charge in [-0.05, 0) is 56.0 Å². The molecule has 11 heteroatoms. The summed E-state index contributed by atoms with van der Waals surface area (Å²) in [7, 11) is -3.96. The average molecular weight is 538 g/mol. The number of carbonyl (C=O) groups is 1. The summed E-state index contributed by atoms with van der Waals surface area (Å²) in [6.45, 7) is 1.38. The molecule has 7 nitrogen and oxygen atoms in total. The van der Waals surface area contributed by atoms with Gasteiger partial charge in [-0.25, -0.2) is 17.8 Å². The van der Waals surface area contributed by atoms with E-state index in [0.29, 0.717) is 36.1 Å². The van der Waals surface area contributed by atoms with Crippen LogP contribution in [0.1, 0.15) is 25.7 Å². The Morgan fingerprint density at radius 1 is 1.20 bits per heavy atom. The molecule has 2 saturated heterocycles. The van der Waals surface area contributed by atoms with E-state index in [9.17, 15) is 17.6 Å². The molecule has 0 bridgehead atoms. The van der Waals surface area contributed by atoms with E-state index < -0.39 is 15.8 Å². The van der Waals surface area contributed by atoms with Crippen molar-refractivity contribution in [2.24, 2.45) is 5.92 Å². The number of ether oxygens (including phenoxy) is 1. The first-order valence-electron chi connectivity index (χ1n) is 11.6. The number of carbonyl (C=O) groups excluding carboxylic acids is 1. The van der Waals surface area contributed by atoms with Crippen LogP contribution in [-0.4, -0.2) is 56.0 Å². The summed E-state index contributed by atoms with van der Waals surface area (Å²) in [6, 6.07) is 10.8. The second-order valence-corrected chi connectivity index (χ2v) is 12.2. The smallest absolute Gasteiger partial charge is 0.245 e. The molecule has 1 atom stereocenters. The van der Waals surface area contributed by atoms with Gasteiger partial charge in [-0.15, -0.1) is 0 Å². The van der Waals surface area contributed by atoms with Crippen LogP contribution in [0.4, 0.5) is 9.52 Å². The Bertz CT molecular complexity index is 1340. The van der Waals surface area contributed by atoms with Crippen molar-refractivity contribution < 1.29 is 22.3 Å². The third-order valence-electron chi connectivity index (χ3n) is 6.50. The van der Waals surface area contributed by atoms with E-state index >= 15 is 0 Å². The highest BCUT2D eigenvalue weighted by Crippen LogP contribution is 2.34. The highest BCUT2D eigenvalue weighted by atomic mass is 35.5. The van der Waals surface area contributed by atoms with Gasteiger partial charge >= 0.3 is 0 Å². The molecule has 0 saturated carbocycles. The number of piperidine rings is 1. The number of nitrogens with zero attached hydrogens (tertiary/aromatic N) is 3. The second kappa shape index (κ2) is 10.1. The van der Waals surface area contributed by atoms with E-state index in [2.05, 4.69) is 4.98 Å². The quantitative estimate of drug-likeness (QED) is 0.455. The maximum Gasteiger partial charge on any atom is 0.245 e. The van der Waals surface area contributed by atoms with E-state index in [4.69, 9.17) is 16.3 Å². The minimum Gasteiger partial charge on any atom is -0.376 e. The molecule has 1 unspecified atom stereocenters. The number of hydrogen-bond acceptors (Lipinski definition) is 6.